The molecule has 0 radical (unpaired) electrons. The van der Waals surface area contributed by atoms with Gasteiger partial charge in [-0.3, -0.25) is 4.57 Å². The molecule has 2 aromatic carbocycles. The summed E-state index contributed by atoms with van der Waals surface area (Å²) < 4.78 is 14.9. The van der Waals surface area contributed by atoms with Gasteiger partial charge in [-0.2, -0.15) is 0 Å². The molecule has 0 fully saturated rings. The third-order valence-corrected chi connectivity index (χ3v) is 4.19. The molecule has 0 saturated carbocycles. The van der Waals surface area contributed by atoms with Gasteiger partial charge in [0.15, 0.2) is 5.16 Å². The SMILES string of the molecule is Cc1ccccc1-n1cnnc1SCc1ccc(F)cc1. The van der Waals surface area contributed by atoms with Crippen molar-refractivity contribution in [2.24, 2.45) is 0 Å². The van der Waals surface area contributed by atoms with Gasteiger partial charge in [0.1, 0.15) is 12.1 Å². The summed E-state index contributed by atoms with van der Waals surface area (Å²) in [6.07, 6.45) is 1.72. The average Bonchev–Trinajstić information content (AvgIpc) is 2.95. The number of benzene rings is 2. The lowest BCUT2D eigenvalue weighted by Crippen LogP contribution is -1.97. The summed E-state index contributed by atoms with van der Waals surface area (Å²) in [5.74, 6) is 0.511. The first-order valence-corrected chi connectivity index (χ1v) is 7.56. The van der Waals surface area contributed by atoms with Gasteiger partial charge in [-0.1, -0.05) is 42.1 Å². The van der Waals surface area contributed by atoms with E-state index in [1.807, 2.05) is 22.8 Å². The highest BCUT2D eigenvalue weighted by atomic mass is 32.2. The van der Waals surface area contributed by atoms with Gasteiger partial charge in [0, 0.05) is 5.75 Å². The van der Waals surface area contributed by atoms with Crippen LogP contribution in [-0.4, -0.2) is 14.8 Å². The van der Waals surface area contributed by atoms with Gasteiger partial charge in [-0.25, -0.2) is 4.39 Å². The van der Waals surface area contributed by atoms with Gasteiger partial charge in [0.2, 0.25) is 0 Å². The summed E-state index contributed by atoms with van der Waals surface area (Å²) in [7, 11) is 0. The van der Waals surface area contributed by atoms with E-state index in [2.05, 4.69) is 23.2 Å². The smallest absolute Gasteiger partial charge is 0.195 e. The first-order valence-electron chi connectivity index (χ1n) is 6.57. The third-order valence-electron chi connectivity index (χ3n) is 3.17. The van der Waals surface area contributed by atoms with Crippen molar-refractivity contribution in [3.05, 3.63) is 71.8 Å². The summed E-state index contributed by atoms with van der Waals surface area (Å²) in [5.41, 5.74) is 3.30. The van der Waals surface area contributed by atoms with Crippen molar-refractivity contribution in [1.29, 1.82) is 0 Å². The maximum absolute atomic E-state index is 12.9. The highest BCUT2D eigenvalue weighted by Gasteiger charge is 2.09. The number of hydrogen-bond acceptors (Lipinski definition) is 3. The quantitative estimate of drug-likeness (QED) is 0.682. The standard InChI is InChI=1S/C16H14FN3S/c1-12-4-2-3-5-15(12)20-11-18-19-16(20)21-10-13-6-8-14(17)9-7-13/h2-9,11H,10H2,1H3. The molecule has 5 heteroatoms. The number of thioether (sulfide) groups is 1. The molecule has 0 unspecified atom stereocenters. The van der Waals surface area contributed by atoms with Crippen LogP contribution in [0, 0.1) is 12.7 Å². The van der Waals surface area contributed by atoms with Gasteiger partial charge in [0.25, 0.3) is 0 Å². The highest BCUT2D eigenvalue weighted by molar-refractivity contribution is 7.98. The van der Waals surface area contributed by atoms with E-state index in [-0.39, 0.29) is 5.82 Å². The third kappa shape index (κ3) is 3.13. The van der Waals surface area contributed by atoms with Crippen LogP contribution in [0.3, 0.4) is 0 Å². The molecule has 0 N–H and O–H groups in total. The van der Waals surface area contributed by atoms with Crippen molar-refractivity contribution in [2.45, 2.75) is 17.8 Å². The molecule has 0 atom stereocenters. The second-order valence-corrected chi connectivity index (χ2v) is 5.63. The highest BCUT2D eigenvalue weighted by Crippen LogP contribution is 2.24. The second-order valence-electron chi connectivity index (χ2n) is 4.69. The van der Waals surface area contributed by atoms with Gasteiger partial charge >= 0.3 is 0 Å². The molecule has 3 nitrogen and oxygen atoms in total. The van der Waals surface area contributed by atoms with E-state index in [9.17, 15) is 4.39 Å². The Kier molecular flexibility index (Phi) is 4.01. The fourth-order valence-electron chi connectivity index (χ4n) is 2.05. The maximum atomic E-state index is 12.9. The van der Waals surface area contributed by atoms with E-state index in [0.29, 0.717) is 0 Å². The van der Waals surface area contributed by atoms with Gasteiger partial charge in [0.05, 0.1) is 5.69 Å². The molecule has 21 heavy (non-hydrogen) atoms. The van der Waals surface area contributed by atoms with E-state index in [1.54, 1.807) is 30.2 Å². The van der Waals surface area contributed by atoms with Crippen LogP contribution in [0.25, 0.3) is 5.69 Å². The van der Waals surface area contributed by atoms with Crippen LogP contribution in [0.4, 0.5) is 4.39 Å². The number of aromatic nitrogens is 3. The predicted octanol–water partition coefficient (Wildman–Crippen LogP) is 4.01. The van der Waals surface area contributed by atoms with Crippen LogP contribution < -0.4 is 0 Å². The number of nitrogens with zero attached hydrogens (tertiary/aromatic N) is 3. The molecule has 0 bridgehead atoms. The largest absolute Gasteiger partial charge is 0.276 e. The second kappa shape index (κ2) is 6.10. The number of rotatable bonds is 4. The molecule has 0 amide bonds. The minimum absolute atomic E-state index is 0.216. The first kappa shape index (κ1) is 13.8. The summed E-state index contributed by atoms with van der Waals surface area (Å²) >= 11 is 1.58. The molecule has 1 aromatic heterocycles. The minimum Gasteiger partial charge on any atom is -0.276 e. The van der Waals surface area contributed by atoms with Crippen LogP contribution in [0.5, 0.6) is 0 Å². The fourth-order valence-corrected chi connectivity index (χ4v) is 2.93. The predicted molar refractivity (Wildman–Crippen MR) is 82.1 cm³/mol. The molecule has 0 aliphatic carbocycles. The normalized spacial score (nSPS) is 10.8. The molecule has 1 heterocycles. The average molecular weight is 299 g/mol. The van der Waals surface area contributed by atoms with E-state index < -0.39 is 0 Å². The van der Waals surface area contributed by atoms with Crippen LogP contribution in [0.15, 0.2) is 60.0 Å². The van der Waals surface area contributed by atoms with Crippen molar-refractivity contribution in [1.82, 2.24) is 14.8 Å². The van der Waals surface area contributed by atoms with Crippen LogP contribution >= 0.6 is 11.8 Å². The lowest BCUT2D eigenvalue weighted by Gasteiger charge is -2.09. The van der Waals surface area contributed by atoms with Crippen LogP contribution in [0.2, 0.25) is 0 Å². The molecule has 3 rings (SSSR count). The summed E-state index contributed by atoms with van der Waals surface area (Å²) in [6, 6.07) is 14.6. The molecule has 106 valence electrons. The molecule has 0 aliphatic rings. The Bertz CT molecular complexity index is 737. The summed E-state index contributed by atoms with van der Waals surface area (Å²) in [4.78, 5) is 0. The summed E-state index contributed by atoms with van der Waals surface area (Å²) in [5, 5.41) is 8.99. The van der Waals surface area contributed by atoms with Crippen LogP contribution in [0.1, 0.15) is 11.1 Å². The van der Waals surface area contributed by atoms with E-state index >= 15 is 0 Å². The lowest BCUT2D eigenvalue weighted by molar-refractivity contribution is 0.627. The Morgan fingerprint density at radius 3 is 2.62 bits per heavy atom. The van der Waals surface area contributed by atoms with Crippen molar-refractivity contribution >= 4 is 11.8 Å². The Hall–Kier alpha value is -2.14. The minimum atomic E-state index is -0.216. The molecule has 0 spiro atoms. The van der Waals surface area contributed by atoms with Crippen molar-refractivity contribution in [3.8, 4) is 5.69 Å². The van der Waals surface area contributed by atoms with Crippen LogP contribution in [-0.2, 0) is 5.75 Å². The Morgan fingerprint density at radius 2 is 1.86 bits per heavy atom. The number of halogens is 1. The zero-order valence-corrected chi connectivity index (χ0v) is 12.3. The molecular formula is C16H14FN3S. The van der Waals surface area contributed by atoms with Gasteiger partial charge < -0.3 is 0 Å². The topological polar surface area (TPSA) is 30.7 Å². The molecular weight excluding hydrogens is 285 g/mol. The molecule has 0 saturated heterocycles. The van der Waals surface area contributed by atoms with E-state index in [4.69, 9.17) is 0 Å². The summed E-state index contributed by atoms with van der Waals surface area (Å²) in [6.45, 7) is 2.06. The van der Waals surface area contributed by atoms with Crippen molar-refractivity contribution in [2.75, 3.05) is 0 Å². The van der Waals surface area contributed by atoms with Gasteiger partial charge in [-0.15, -0.1) is 10.2 Å². The van der Waals surface area contributed by atoms with Gasteiger partial charge in [-0.05, 0) is 36.2 Å². The number of aryl methyl sites for hydroxylation is 1. The van der Waals surface area contributed by atoms with Crippen molar-refractivity contribution < 1.29 is 4.39 Å². The number of para-hydroxylation sites is 1. The monoisotopic (exact) mass is 299 g/mol. The Labute approximate surface area is 126 Å². The maximum Gasteiger partial charge on any atom is 0.195 e. The zero-order valence-electron chi connectivity index (χ0n) is 11.5. The fraction of sp³-hybridized carbons (Fsp3) is 0.125. The zero-order chi connectivity index (χ0) is 14.7. The van der Waals surface area contributed by atoms with Crippen molar-refractivity contribution in [3.63, 3.8) is 0 Å². The molecule has 3 aromatic rings. The lowest BCUT2D eigenvalue weighted by atomic mass is 10.2. The van der Waals surface area contributed by atoms with E-state index in [0.717, 1.165) is 22.2 Å². The first-order chi connectivity index (χ1) is 10.2. The molecule has 0 aliphatic heterocycles. The number of hydrogen-bond donors (Lipinski definition) is 0. The Morgan fingerprint density at radius 1 is 1.10 bits per heavy atom. The Balaban J connectivity index is 1.80. The van der Waals surface area contributed by atoms with E-state index in [1.165, 1.54) is 17.7 Å².